The number of hydrogen-bond donors (Lipinski definition) is 3. The largest absolute Gasteiger partial charge is 0.489 e. The normalized spacial score (nSPS) is 16.3. The highest BCUT2D eigenvalue weighted by Crippen LogP contribution is 2.32. The van der Waals surface area contributed by atoms with Crippen molar-refractivity contribution in [1.82, 2.24) is 10.8 Å². The first-order chi connectivity index (χ1) is 17.0. The van der Waals surface area contributed by atoms with Crippen LogP contribution in [0.2, 0.25) is 0 Å². The van der Waals surface area contributed by atoms with Gasteiger partial charge in [-0.1, -0.05) is 80.6 Å². The van der Waals surface area contributed by atoms with E-state index in [4.69, 9.17) is 4.74 Å². The summed E-state index contributed by atoms with van der Waals surface area (Å²) in [6.45, 7) is 4.71. The lowest BCUT2D eigenvalue weighted by molar-refractivity contribution is -0.132. The van der Waals surface area contributed by atoms with Crippen molar-refractivity contribution in [2.75, 3.05) is 11.5 Å². The van der Waals surface area contributed by atoms with Crippen LogP contribution in [-0.4, -0.2) is 35.7 Å². The Balaban J connectivity index is 1.60. The highest BCUT2D eigenvalue weighted by Gasteiger charge is 2.34. The van der Waals surface area contributed by atoms with Crippen molar-refractivity contribution >= 4 is 17.5 Å². The molecule has 35 heavy (non-hydrogen) atoms. The summed E-state index contributed by atoms with van der Waals surface area (Å²) in [5.41, 5.74) is 5.53. The zero-order valence-corrected chi connectivity index (χ0v) is 20.0. The van der Waals surface area contributed by atoms with E-state index in [0.29, 0.717) is 30.3 Å². The van der Waals surface area contributed by atoms with E-state index in [0.717, 1.165) is 11.1 Å². The smallest absolute Gasteiger partial charge is 0.260 e. The summed E-state index contributed by atoms with van der Waals surface area (Å²) in [5.74, 6) is 0.215. The number of nitrogens with zero attached hydrogens (tertiary/aromatic N) is 1. The first kappa shape index (κ1) is 24.4. The molecule has 7 nitrogen and oxygen atoms in total. The van der Waals surface area contributed by atoms with Gasteiger partial charge in [0.05, 0.1) is 18.3 Å². The van der Waals surface area contributed by atoms with Crippen LogP contribution >= 0.6 is 0 Å². The number of nitrogens with one attached hydrogen (secondary N) is 2. The zero-order chi connectivity index (χ0) is 24.8. The molecule has 182 valence electrons. The Bertz CT molecular complexity index is 1150. The number of anilines is 1. The minimum atomic E-state index is -0.826. The highest BCUT2D eigenvalue weighted by atomic mass is 16.5. The monoisotopic (exact) mass is 473 g/mol. The molecule has 2 amide bonds. The lowest BCUT2D eigenvalue weighted by atomic mass is 10.0. The topological polar surface area (TPSA) is 90.9 Å². The van der Waals surface area contributed by atoms with Crippen LogP contribution in [0.3, 0.4) is 0 Å². The van der Waals surface area contributed by atoms with E-state index in [2.05, 4.69) is 31.3 Å². The first-order valence-electron chi connectivity index (χ1n) is 11.8. The maximum Gasteiger partial charge on any atom is 0.260 e. The molecule has 3 aromatic carbocycles. The quantitative estimate of drug-likeness (QED) is 0.342. The highest BCUT2D eigenvalue weighted by molar-refractivity contribution is 5.99. The Labute approximate surface area is 205 Å². The third-order valence-electron chi connectivity index (χ3n) is 6.22. The molecule has 3 aromatic rings. The van der Waals surface area contributed by atoms with Gasteiger partial charge >= 0.3 is 0 Å². The van der Waals surface area contributed by atoms with Crippen molar-refractivity contribution in [1.29, 1.82) is 0 Å². The number of ether oxygens (including phenoxy) is 1. The summed E-state index contributed by atoms with van der Waals surface area (Å²) in [6, 6.07) is 23.5. The molecule has 7 heteroatoms. The molecule has 3 N–H and O–H groups in total. The van der Waals surface area contributed by atoms with Crippen molar-refractivity contribution < 1.29 is 19.5 Å². The van der Waals surface area contributed by atoms with E-state index >= 15 is 0 Å². The van der Waals surface area contributed by atoms with Gasteiger partial charge in [0.1, 0.15) is 18.4 Å². The van der Waals surface area contributed by atoms with Crippen molar-refractivity contribution in [2.45, 2.75) is 44.8 Å². The summed E-state index contributed by atoms with van der Waals surface area (Å²) < 4.78 is 6.00. The Morgan fingerprint density at radius 2 is 1.69 bits per heavy atom. The summed E-state index contributed by atoms with van der Waals surface area (Å²) in [5, 5.41) is 12.4. The summed E-state index contributed by atoms with van der Waals surface area (Å²) in [4.78, 5) is 27.9. The summed E-state index contributed by atoms with van der Waals surface area (Å²) >= 11 is 0. The van der Waals surface area contributed by atoms with Crippen LogP contribution in [0.1, 0.15) is 36.5 Å². The number of carbonyl (C=O) groups excluding carboxylic acids is 2. The predicted molar refractivity (Wildman–Crippen MR) is 134 cm³/mol. The number of rotatable bonds is 8. The van der Waals surface area contributed by atoms with Crippen LogP contribution in [0, 0.1) is 0 Å². The van der Waals surface area contributed by atoms with E-state index in [1.54, 1.807) is 10.4 Å². The maximum atomic E-state index is 13.8. The molecule has 0 fully saturated rings. The maximum absolute atomic E-state index is 13.8. The fraction of sp³-hybridized carbons (Fsp3) is 0.286. The number of fused-ring (bicyclic) bond motifs is 1. The van der Waals surface area contributed by atoms with Gasteiger partial charge in [-0.2, -0.15) is 0 Å². The third-order valence-corrected chi connectivity index (χ3v) is 6.22. The zero-order valence-electron chi connectivity index (χ0n) is 20.0. The van der Waals surface area contributed by atoms with Crippen molar-refractivity contribution in [3.8, 4) is 5.75 Å². The van der Waals surface area contributed by atoms with Gasteiger partial charge in [-0.3, -0.25) is 20.1 Å². The van der Waals surface area contributed by atoms with E-state index in [1.807, 2.05) is 66.7 Å². The molecule has 0 saturated heterocycles. The molecule has 4 rings (SSSR count). The SMILES string of the molecule is CC(C)c1ccc(CN2C(=O)[C@@H](N[C@@H](Cc3ccccc3)C(=O)NO)COc3ccccc32)cc1. The molecule has 0 saturated carbocycles. The van der Waals surface area contributed by atoms with Gasteiger partial charge in [0.25, 0.3) is 5.91 Å². The molecule has 1 aliphatic rings. The lowest BCUT2D eigenvalue weighted by Gasteiger charge is -2.27. The van der Waals surface area contributed by atoms with Crippen LogP contribution in [0.4, 0.5) is 5.69 Å². The van der Waals surface area contributed by atoms with Gasteiger partial charge in [-0.05, 0) is 41.2 Å². The van der Waals surface area contributed by atoms with Crippen LogP contribution in [0.5, 0.6) is 5.75 Å². The summed E-state index contributed by atoms with van der Waals surface area (Å²) in [6.07, 6.45) is 0.306. The van der Waals surface area contributed by atoms with E-state index in [-0.39, 0.29) is 12.5 Å². The van der Waals surface area contributed by atoms with Gasteiger partial charge in [0.2, 0.25) is 5.91 Å². The number of para-hydroxylation sites is 2. The van der Waals surface area contributed by atoms with Crippen molar-refractivity contribution in [3.05, 3.63) is 95.6 Å². The number of hydroxylamine groups is 1. The van der Waals surface area contributed by atoms with Gasteiger partial charge < -0.3 is 9.64 Å². The number of carbonyl (C=O) groups is 2. The van der Waals surface area contributed by atoms with Gasteiger partial charge in [0.15, 0.2) is 0 Å². The molecular formula is C28H31N3O4. The average Bonchev–Trinajstić information content (AvgIpc) is 3.01. The van der Waals surface area contributed by atoms with Gasteiger partial charge in [-0.25, -0.2) is 5.48 Å². The minimum Gasteiger partial charge on any atom is -0.489 e. The molecule has 0 aliphatic carbocycles. The Kier molecular flexibility index (Phi) is 7.80. The minimum absolute atomic E-state index is 0.0582. The van der Waals surface area contributed by atoms with Crippen LogP contribution in [0.15, 0.2) is 78.9 Å². The third kappa shape index (κ3) is 5.88. The van der Waals surface area contributed by atoms with E-state index in [1.165, 1.54) is 5.56 Å². The molecule has 1 heterocycles. The van der Waals surface area contributed by atoms with E-state index in [9.17, 15) is 14.8 Å². The van der Waals surface area contributed by atoms with Crippen LogP contribution in [0.25, 0.3) is 0 Å². The number of benzene rings is 3. The van der Waals surface area contributed by atoms with Gasteiger partial charge in [-0.15, -0.1) is 0 Å². The molecule has 0 aromatic heterocycles. The van der Waals surface area contributed by atoms with Crippen molar-refractivity contribution in [3.63, 3.8) is 0 Å². The Hall–Kier alpha value is -3.68. The average molecular weight is 474 g/mol. The Morgan fingerprint density at radius 1 is 1.00 bits per heavy atom. The first-order valence-corrected chi connectivity index (χ1v) is 11.8. The fourth-order valence-electron chi connectivity index (χ4n) is 4.22. The fourth-order valence-corrected chi connectivity index (χ4v) is 4.22. The molecule has 0 unspecified atom stereocenters. The summed E-state index contributed by atoms with van der Waals surface area (Å²) in [7, 11) is 0. The van der Waals surface area contributed by atoms with Crippen LogP contribution in [-0.2, 0) is 22.6 Å². The second-order valence-electron chi connectivity index (χ2n) is 9.04. The molecule has 0 spiro atoms. The predicted octanol–water partition coefficient (Wildman–Crippen LogP) is 3.81. The standard InChI is InChI=1S/C28H31N3O4/c1-19(2)22-14-12-21(13-15-22)17-31-25-10-6-7-11-26(25)35-18-24(28(31)33)29-23(27(32)30-34)16-20-8-4-3-5-9-20/h3-15,19,23-24,29,34H,16-18H2,1-2H3,(H,30,32)/t23-,24-/m0/s1. The lowest BCUT2D eigenvalue weighted by Crippen LogP contribution is -2.56. The van der Waals surface area contributed by atoms with Gasteiger partial charge in [0, 0.05) is 0 Å². The number of hydrogen-bond acceptors (Lipinski definition) is 5. The number of amides is 2. The van der Waals surface area contributed by atoms with Crippen LogP contribution < -0.4 is 20.4 Å². The second kappa shape index (κ2) is 11.2. The molecule has 0 bridgehead atoms. The van der Waals surface area contributed by atoms with Crippen molar-refractivity contribution in [2.24, 2.45) is 0 Å². The molecule has 0 radical (unpaired) electrons. The molecular weight excluding hydrogens is 442 g/mol. The Morgan fingerprint density at radius 3 is 2.37 bits per heavy atom. The molecule has 2 atom stereocenters. The molecule has 1 aliphatic heterocycles. The van der Waals surface area contributed by atoms with E-state index < -0.39 is 18.0 Å². The second-order valence-corrected chi connectivity index (χ2v) is 9.04.